The van der Waals surface area contributed by atoms with Gasteiger partial charge in [0.05, 0.1) is 5.02 Å². The van der Waals surface area contributed by atoms with Crippen LogP contribution in [0.3, 0.4) is 0 Å². The van der Waals surface area contributed by atoms with Gasteiger partial charge >= 0.3 is 0 Å². The number of nitrogens with one attached hydrogen (secondary N) is 1. The Hall–Kier alpha value is 0.200. The maximum atomic E-state index is 6.09. The van der Waals surface area contributed by atoms with Crippen LogP contribution in [0.1, 0.15) is 12.5 Å². The molecule has 0 amide bonds. The predicted molar refractivity (Wildman–Crippen MR) is 79.1 cm³/mol. The van der Waals surface area contributed by atoms with Gasteiger partial charge in [-0.15, -0.1) is 12.4 Å². The molecule has 0 spiro atoms. The summed E-state index contributed by atoms with van der Waals surface area (Å²) in [6.07, 6.45) is 0. The largest absolute Gasteiger partial charge is 0.314 e. The SMILES string of the molecule is C[C@H]1CNCCN1Cc1ccc(Br)c(Cl)c1.Cl. The van der Waals surface area contributed by atoms with Gasteiger partial charge in [-0.1, -0.05) is 17.7 Å². The molecule has 0 aliphatic carbocycles. The molecule has 1 atom stereocenters. The van der Waals surface area contributed by atoms with Gasteiger partial charge in [0.15, 0.2) is 0 Å². The van der Waals surface area contributed by atoms with Crippen LogP contribution in [-0.4, -0.2) is 30.6 Å². The molecule has 5 heteroatoms. The molecule has 2 nitrogen and oxygen atoms in total. The van der Waals surface area contributed by atoms with Crippen LogP contribution in [0, 0.1) is 0 Å². The first-order chi connectivity index (χ1) is 7.66. The van der Waals surface area contributed by atoms with Gasteiger partial charge in [-0.2, -0.15) is 0 Å². The molecule has 0 radical (unpaired) electrons. The van der Waals surface area contributed by atoms with E-state index in [1.165, 1.54) is 5.56 Å². The normalized spacial score (nSPS) is 21.0. The summed E-state index contributed by atoms with van der Waals surface area (Å²) in [5.74, 6) is 0. The molecule has 0 unspecified atom stereocenters. The molecule has 17 heavy (non-hydrogen) atoms. The highest BCUT2D eigenvalue weighted by Gasteiger charge is 2.17. The molecule has 1 aliphatic rings. The first kappa shape index (κ1) is 15.3. The Bertz CT molecular complexity index is 374. The van der Waals surface area contributed by atoms with Gasteiger partial charge in [0.1, 0.15) is 0 Å². The maximum absolute atomic E-state index is 6.09. The van der Waals surface area contributed by atoms with Crippen molar-refractivity contribution in [1.82, 2.24) is 10.2 Å². The van der Waals surface area contributed by atoms with Crippen molar-refractivity contribution >= 4 is 39.9 Å². The van der Waals surface area contributed by atoms with Crippen LogP contribution in [0.5, 0.6) is 0 Å². The van der Waals surface area contributed by atoms with E-state index in [9.17, 15) is 0 Å². The molecule has 1 saturated heterocycles. The predicted octanol–water partition coefficient (Wildman–Crippen LogP) is 3.32. The smallest absolute Gasteiger partial charge is 0.0551 e. The second-order valence-electron chi connectivity index (χ2n) is 4.27. The molecule has 96 valence electrons. The van der Waals surface area contributed by atoms with Crippen LogP contribution in [0.4, 0.5) is 0 Å². The number of nitrogens with zero attached hydrogens (tertiary/aromatic N) is 1. The Morgan fingerprint density at radius 1 is 1.53 bits per heavy atom. The molecule has 1 aromatic carbocycles. The van der Waals surface area contributed by atoms with Crippen molar-refractivity contribution in [2.24, 2.45) is 0 Å². The van der Waals surface area contributed by atoms with E-state index in [0.717, 1.165) is 35.7 Å². The molecule has 2 rings (SSSR count). The summed E-state index contributed by atoms with van der Waals surface area (Å²) in [7, 11) is 0. The Morgan fingerprint density at radius 2 is 2.29 bits per heavy atom. The molecular weight excluding hydrogens is 323 g/mol. The minimum Gasteiger partial charge on any atom is -0.314 e. The van der Waals surface area contributed by atoms with Crippen molar-refractivity contribution in [1.29, 1.82) is 0 Å². The van der Waals surface area contributed by atoms with Crippen LogP contribution in [0.2, 0.25) is 5.02 Å². The fraction of sp³-hybridized carbons (Fsp3) is 0.500. The van der Waals surface area contributed by atoms with E-state index in [4.69, 9.17) is 11.6 Å². The third-order valence-electron chi connectivity index (χ3n) is 3.01. The molecule has 1 fully saturated rings. The zero-order valence-electron chi connectivity index (χ0n) is 9.75. The van der Waals surface area contributed by atoms with Gasteiger partial charge in [-0.05, 0) is 40.5 Å². The minimum atomic E-state index is 0. The van der Waals surface area contributed by atoms with Crippen LogP contribution in [-0.2, 0) is 6.54 Å². The average Bonchev–Trinajstić information content (AvgIpc) is 2.27. The van der Waals surface area contributed by atoms with E-state index in [-0.39, 0.29) is 12.4 Å². The van der Waals surface area contributed by atoms with E-state index < -0.39 is 0 Å². The van der Waals surface area contributed by atoms with Gasteiger partial charge in [-0.3, -0.25) is 4.90 Å². The average molecular weight is 340 g/mol. The van der Waals surface area contributed by atoms with Gasteiger partial charge in [0.25, 0.3) is 0 Å². The van der Waals surface area contributed by atoms with E-state index >= 15 is 0 Å². The van der Waals surface area contributed by atoms with E-state index in [2.05, 4.69) is 39.1 Å². The molecule has 0 aromatic heterocycles. The lowest BCUT2D eigenvalue weighted by Gasteiger charge is -2.33. The van der Waals surface area contributed by atoms with E-state index in [1.54, 1.807) is 0 Å². The fourth-order valence-corrected chi connectivity index (χ4v) is 2.44. The van der Waals surface area contributed by atoms with Gasteiger partial charge in [0.2, 0.25) is 0 Å². The van der Waals surface area contributed by atoms with Gasteiger partial charge < -0.3 is 5.32 Å². The Morgan fingerprint density at radius 3 is 2.94 bits per heavy atom. The lowest BCUT2D eigenvalue weighted by Crippen LogP contribution is -2.49. The molecule has 1 heterocycles. The van der Waals surface area contributed by atoms with Crippen LogP contribution >= 0.6 is 39.9 Å². The summed E-state index contributed by atoms with van der Waals surface area (Å²) in [5, 5.41) is 4.19. The van der Waals surface area contributed by atoms with Crippen molar-refractivity contribution in [3.05, 3.63) is 33.3 Å². The molecule has 0 saturated carbocycles. The summed E-state index contributed by atoms with van der Waals surface area (Å²) >= 11 is 9.50. The van der Waals surface area contributed by atoms with Crippen LogP contribution < -0.4 is 5.32 Å². The standard InChI is InChI=1S/C12H16BrClN2.ClH/c1-9-7-15-4-5-16(9)8-10-2-3-11(13)12(14)6-10;/h2-3,6,9,15H,4-5,7-8H2,1H3;1H/t9-;/m0./s1. The second kappa shape index (κ2) is 6.95. The zero-order valence-corrected chi connectivity index (χ0v) is 12.9. The second-order valence-corrected chi connectivity index (χ2v) is 5.53. The van der Waals surface area contributed by atoms with Crippen molar-refractivity contribution < 1.29 is 0 Å². The van der Waals surface area contributed by atoms with Gasteiger partial charge in [-0.25, -0.2) is 0 Å². The highest BCUT2D eigenvalue weighted by molar-refractivity contribution is 9.10. The number of rotatable bonds is 2. The lowest BCUT2D eigenvalue weighted by molar-refractivity contribution is 0.165. The number of benzene rings is 1. The minimum absolute atomic E-state index is 0. The van der Waals surface area contributed by atoms with Crippen molar-refractivity contribution in [3.63, 3.8) is 0 Å². The summed E-state index contributed by atoms with van der Waals surface area (Å²) in [6.45, 7) is 6.50. The topological polar surface area (TPSA) is 15.3 Å². The fourth-order valence-electron chi connectivity index (χ4n) is 1.99. The summed E-state index contributed by atoms with van der Waals surface area (Å²) in [6, 6.07) is 6.78. The van der Waals surface area contributed by atoms with Crippen LogP contribution in [0.25, 0.3) is 0 Å². The Kier molecular flexibility index (Phi) is 6.24. The highest BCUT2D eigenvalue weighted by Crippen LogP contribution is 2.24. The monoisotopic (exact) mass is 338 g/mol. The van der Waals surface area contributed by atoms with Crippen molar-refractivity contribution in [3.8, 4) is 0 Å². The summed E-state index contributed by atoms with van der Waals surface area (Å²) in [5.41, 5.74) is 1.28. The third-order valence-corrected chi connectivity index (χ3v) is 4.24. The Balaban J connectivity index is 0.00000144. The summed E-state index contributed by atoms with van der Waals surface area (Å²) < 4.78 is 0.964. The number of halogens is 3. The third kappa shape index (κ3) is 4.11. The van der Waals surface area contributed by atoms with E-state index in [1.807, 2.05) is 12.1 Å². The quantitative estimate of drug-likeness (QED) is 0.889. The van der Waals surface area contributed by atoms with Crippen LogP contribution in [0.15, 0.2) is 22.7 Å². The first-order valence-electron chi connectivity index (χ1n) is 5.55. The first-order valence-corrected chi connectivity index (χ1v) is 6.72. The number of hydrogen-bond donors (Lipinski definition) is 1. The summed E-state index contributed by atoms with van der Waals surface area (Å²) in [4.78, 5) is 2.48. The zero-order chi connectivity index (χ0) is 11.5. The molecular formula is C12H17BrCl2N2. The molecule has 0 bridgehead atoms. The Labute approximate surface area is 122 Å². The van der Waals surface area contributed by atoms with Crippen molar-refractivity contribution in [2.75, 3.05) is 19.6 Å². The van der Waals surface area contributed by atoms with Gasteiger partial charge in [0, 0.05) is 36.7 Å². The molecule has 1 aromatic rings. The number of hydrogen-bond acceptors (Lipinski definition) is 2. The lowest BCUT2D eigenvalue weighted by atomic mass is 10.1. The van der Waals surface area contributed by atoms with Crippen molar-refractivity contribution in [2.45, 2.75) is 19.5 Å². The highest BCUT2D eigenvalue weighted by atomic mass is 79.9. The molecule has 1 aliphatic heterocycles. The van der Waals surface area contributed by atoms with E-state index in [0.29, 0.717) is 6.04 Å². The number of piperazine rings is 1. The maximum Gasteiger partial charge on any atom is 0.0551 e. The molecule has 1 N–H and O–H groups in total.